The van der Waals surface area contributed by atoms with Crippen molar-refractivity contribution in [2.24, 2.45) is 0 Å². The Bertz CT molecular complexity index is 961. The van der Waals surface area contributed by atoms with Gasteiger partial charge in [-0.2, -0.15) is 0 Å². The van der Waals surface area contributed by atoms with E-state index < -0.39 is 22.0 Å². The molecule has 0 aromatic heterocycles. The van der Waals surface area contributed by atoms with E-state index in [1.807, 2.05) is 26.0 Å². The molecule has 1 unspecified atom stereocenters. The average molecular weight is 429 g/mol. The molecule has 0 saturated heterocycles. The molecule has 0 spiro atoms. The van der Waals surface area contributed by atoms with Gasteiger partial charge in [-0.15, -0.1) is 0 Å². The maximum absolute atomic E-state index is 12.9. The number of carbonyl (C=O) groups is 1. The van der Waals surface area contributed by atoms with Crippen molar-refractivity contribution in [3.8, 4) is 0 Å². The van der Waals surface area contributed by atoms with Crippen molar-refractivity contribution in [3.63, 3.8) is 0 Å². The number of nitrogens with one attached hydrogen (secondary N) is 1. The number of sulfonamides is 1. The van der Waals surface area contributed by atoms with Crippen LogP contribution in [-0.2, 0) is 14.8 Å². The van der Waals surface area contributed by atoms with E-state index >= 15 is 0 Å². The van der Waals surface area contributed by atoms with Gasteiger partial charge in [-0.05, 0) is 55.7 Å². The molecule has 5 nitrogen and oxygen atoms in total. The van der Waals surface area contributed by atoms with E-state index in [1.54, 1.807) is 13.0 Å². The summed E-state index contributed by atoms with van der Waals surface area (Å²) in [4.78, 5) is 12.9. The molecule has 0 heterocycles. The summed E-state index contributed by atoms with van der Waals surface area (Å²) in [5.74, 6) is -0.414. The third-order valence-corrected chi connectivity index (χ3v) is 6.27. The molecule has 1 amide bonds. The highest BCUT2D eigenvalue weighted by Crippen LogP contribution is 2.30. The molecule has 2 aromatic carbocycles. The number of anilines is 2. The number of nitrogens with zero attached hydrogens (tertiary/aromatic N) is 1. The van der Waals surface area contributed by atoms with Crippen LogP contribution in [0.4, 0.5) is 11.4 Å². The van der Waals surface area contributed by atoms with Crippen LogP contribution in [0.25, 0.3) is 0 Å². The summed E-state index contributed by atoms with van der Waals surface area (Å²) in [6.07, 6.45) is 1.34. The van der Waals surface area contributed by atoms with Crippen LogP contribution in [0.1, 0.15) is 24.5 Å². The highest BCUT2D eigenvalue weighted by molar-refractivity contribution is 7.92. The van der Waals surface area contributed by atoms with Crippen LogP contribution >= 0.6 is 23.2 Å². The predicted octanol–water partition coefficient (Wildman–Crippen LogP) is 4.79. The van der Waals surface area contributed by atoms with Crippen LogP contribution in [0.3, 0.4) is 0 Å². The molecule has 0 fully saturated rings. The third-order valence-electron chi connectivity index (χ3n) is 4.35. The fraction of sp³-hybridized carbons (Fsp3) is 0.316. The van der Waals surface area contributed by atoms with Crippen LogP contribution in [0, 0.1) is 13.8 Å². The third kappa shape index (κ3) is 4.94. The van der Waals surface area contributed by atoms with E-state index in [0.29, 0.717) is 10.7 Å². The molecule has 0 aliphatic carbocycles. The fourth-order valence-electron chi connectivity index (χ4n) is 2.78. The van der Waals surface area contributed by atoms with Crippen molar-refractivity contribution in [1.82, 2.24) is 0 Å². The molecule has 2 aromatic rings. The smallest absolute Gasteiger partial charge is 0.248 e. The molecule has 2 rings (SSSR count). The Hall–Kier alpha value is -1.76. The zero-order valence-corrected chi connectivity index (χ0v) is 17.9. The normalized spacial score (nSPS) is 12.5. The van der Waals surface area contributed by atoms with Crippen LogP contribution in [0.15, 0.2) is 36.4 Å². The number of hydrogen-bond donors (Lipinski definition) is 1. The number of rotatable bonds is 6. The maximum Gasteiger partial charge on any atom is 0.248 e. The monoisotopic (exact) mass is 428 g/mol. The molecule has 0 bridgehead atoms. The highest BCUT2D eigenvalue weighted by atomic mass is 35.5. The van der Waals surface area contributed by atoms with Gasteiger partial charge in [0.15, 0.2) is 0 Å². The average Bonchev–Trinajstić information content (AvgIpc) is 2.58. The van der Waals surface area contributed by atoms with Gasteiger partial charge >= 0.3 is 0 Å². The summed E-state index contributed by atoms with van der Waals surface area (Å²) in [6.45, 7) is 5.60. The largest absolute Gasteiger partial charge is 0.324 e. The van der Waals surface area contributed by atoms with Gasteiger partial charge in [0.25, 0.3) is 0 Å². The molecule has 0 radical (unpaired) electrons. The minimum Gasteiger partial charge on any atom is -0.324 e. The SMILES string of the molecule is CCC(C(=O)Nc1cccc(C)c1C)N(c1ccc(Cl)c(Cl)c1)S(C)(=O)=O. The van der Waals surface area contributed by atoms with Gasteiger partial charge in [0.2, 0.25) is 15.9 Å². The first-order valence-corrected chi connectivity index (χ1v) is 11.0. The Kier molecular flexibility index (Phi) is 6.78. The lowest BCUT2D eigenvalue weighted by molar-refractivity contribution is -0.117. The van der Waals surface area contributed by atoms with Crippen molar-refractivity contribution < 1.29 is 13.2 Å². The Morgan fingerprint density at radius 3 is 2.37 bits per heavy atom. The zero-order chi connectivity index (χ0) is 20.4. The molecule has 8 heteroatoms. The number of amides is 1. The molecule has 0 saturated carbocycles. The lowest BCUT2D eigenvalue weighted by Crippen LogP contribution is -2.47. The second-order valence-electron chi connectivity index (χ2n) is 6.32. The molecular weight excluding hydrogens is 407 g/mol. The summed E-state index contributed by atoms with van der Waals surface area (Å²) in [5, 5.41) is 3.37. The first-order chi connectivity index (χ1) is 12.6. The number of halogens is 2. The molecule has 146 valence electrons. The van der Waals surface area contributed by atoms with Crippen molar-refractivity contribution >= 4 is 50.5 Å². The Morgan fingerprint density at radius 2 is 1.81 bits per heavy atom. The Morgan fingerprint density at radius 1 is 1.15 bits per heavy atom. The van der Waals surface area contributed by atoms with Crippen LogP contribution in [0.5, 0.6) is 0 Å². The standard InChI is InChI=1S/C19H22Cl2N2O3S/c1-5-18(19(24)22-17-8-6-7-12(2)13(17)3)23(27(4,25)26)14-9-10-15(20)16(21)11-14/h6-11,18H,5H2,1-4H3,(H,22,24). The number of hydrogen-bond acceptors (Lipinski definition) is 3. The minimum absolute atomic E-state index is 0.215. The van der Waals surface area contributed by atoms with Gasteiger partial charge in [0.05, 0.1) is 22.0 Å². The molecule has 1 atom stereocenters. The summed E-state index contributed by atoms with van der Waals surface area (Å²) < 4.78 is 26.0. The predicted molar refractivity (Wildman–Crippen MR) is 112 cm³/mol. The first-order valence-electron chi connectivity index (χ1n) is 8.37. The second-order valence-corrected chi connectivity index (χ2v) is 8.99. The van der Waals surface area contributed by atoms with Crippen LogP contribution in [0.2, 0.25) is 10.0 Å². The van der Waals surface area contributed by atoms with Crippen LogP contribution < -0.4 is 9.62 Å². The number of benzene rings is 2. The topological polar surface area (TPSA) is 66.5 Å². The van der Waals surface area contributed by atoms with E-state index in [1.165, 1.54) is 18.2 Å². The number of aryl methyl sites for hydroxylation is 1. The van der Waals surface area contributed by atoms with Gasteiger partial charge in [-0.3, -0.25) is 9.10 Å². The fourth-order valence-corrected chi connectivity index (χ4v) is 4.28. The molecule has 1 N–H and O–H groups in total. The van der Waals surface area contributed by atoms with Gasteiger partial charge in [0, 0.05) is 5.69 Å². The highest BCUT2D eigenvalue weighted by Gasteiger charge is 2.32. The summed E-state index contributed by atoms with van der Waals surface area (Å²) in [5.41, 5.74) is 2.90. The molecular formula is C19H22Cl2N2O3S. The summed E-state index contributed by atoms with van der Waals surface area (Å²) in [7, 11) is -3.74. The van der Waals surface area contributed by atoms with E-state index in [2.05, 4.69) is 5.32 Å². The maximum atomic E-state index is 12.9. The van der Waals surface area contributed by atoms with Crippen molar-refractivity contribution in [2.75, 3.05) is 15.9 Å². The van der Waals surface area contributed by atoms with Gasteiger partial charge in [0.1, 0.15) is 6.04 Å². The minimum atomic E-state index is -3.74. The van der Waals surface area contributed by atoms with Gasteiger partial charge < -0.3 is 5.32 Å². The summed E-state index contributed by atoms with van der Waals surface area (Å²) in [6, 6.07) is 9.12. The number of carbonyl (C=O) groups excluding carboxylic acids is 1. The molecule has 0 aliphatic rings. The van der Waals surface area contributed by atoms with E-state index in [-0.39, 0.29) is 17.1 Å². The van der Waals surface area contributed by atoms with Gasteiger partial charge in [-0.1, -0.05) is 42.3 Å². The van der Waals surface area contributed by atoms with Crippen molar-refractivity contribution in [2.45, 2.75) is 33.2 Å². The van der Waals surface area contributed by atoms with Gasteiger partial charge in [-0.25, -0.2) is 8.42 Å². The molecule has 0 aliphatic heterocycles. The van der Waals surface area contributed by atoms with Crippen molar-refractivity contribution in [1.29, 1.82) is 0 Å². The van der Waals surface area contributed by atoms with E-state index in [4.69, 9.17) is 23.2 Å². The summed E-state index contributed by atoms with van der Waals surface area (Å²) >= 11 is 12.0. The van der Waals surface area contributed by atoms with E-state index in [9.17, 15) is 13.2 Å². The lowest BCUT2D eigenvalue weighted by Gasteiger charge is -2.30. The Balaban J connectivity index is 2.44. The van der Waals surface area contributed by atoms with Crippen molar-refractivity contribution in [3.05, 3.63) is 57.6 Å². The van der Waals surface area contributed by atoms with E-state index in [0.717, 1.165) is 21.7 Å². The molecule has 27 heavy (non-hydrogen) atoms. The van der Waals surface area contributed by atoms with Crippen LogP contribution in [-0.4, -0.2) is 26.6 Å². The zero-order valence-electron chi connectivity index (χ0n) is 15.6. The Labute approximate surface area is 170 Å². The lowest BCUT2D eigenvalue weighted by atomic mass is 10.1. The first kappa shape index (κ1) is 21.5. The quantitative estimate of drug-likeness (QED) is 0.718. The second kappa shape index (κ2) is 8.50.